The van der Waals surface area contributed by atoms with E-state index in [2.05, 4.69) is 211 Å². The maximum atomic E-state index is 4.58. The highest BCUT2D eigenvalue weighted by Gasteiger charge is 2.21. The maximum Gasteiger partial charge on any atom is 0.0346 e. The fourth-order valence-corrected chi connectivity index (χ4v) is 8.89. The van der Waals surface area contributed by atoms with Crippen molar-refractivity contribution >= 4 is 32.3 Å². The molecule has 0 amide bonds. The molecular weight excluding hydrogens is 699 g/mol. The summed E-state index contributed by atoms with van der Waals surface area (Å²) in [4.78, 5) is 4.58. The Morgan fingerprint density at radius 2 is 0.500 bits per heavy atom. The zero-order valence-corrected chi connectivity index (χ0v) is 31.8. The molecule has 0 fully saturated rings. The number of hydrogen-bond acceptors (Lipinski definition) is 1. The number of nitrogens with zero attached hydrogens (tertiary/aromatic N) is 1. The molecule has 0 aliphatic heterocycles. The second-order valence-electron chi connectivity index (χ2n) is 15.1. The Morgan fingerprint density at radius 3 is 0.810 bits per heavy atom. The molecule has 0 aliphatic rings. The molecule has 0 saturated carbocycles. The Morgan fingerprint density at radius 1 is 0.224 bits per heavy atom. The molecular formula is C57H37N. The van der Waals surface area contributed by atoms with Gasteiger partial charge in [-0.3, -0.25) is 4.98 Å². The average Bonchev–Trinajstić information content (AvgIpc) is 3.32. The van der Waals surface area contributed by atoms with Gasteiger partial charge in [0.05, 0.1) is 0 Å². The van der Waals surface area contributed by atoms with E-state index in [0.29, 0.717) is 0 Å². The molecule has 0 saturated heterocycles. The van der Waals surface area contributed by atoms with E-state index in [0.717, 1.165) is 5.56 Å². The Kier molecular flexibility index (Phi) is 8.23. The molecule has 11 aromatic rings. The van der Waals surface area contributed by atoms with E-state index in [1.165, 1.54) is 105 Å². The van der Waals surface area contributed by atoms with Gasteiger partial charge in [-0.25, -0.2) is 0 Å². The van der Waals surface area contributed by atoms with Crippen LogP contribution in [0.15, 0.2) is 225 Å². The van der Waals surface area contributed by atoms with Crippen LogP contribution in [0.25, 0.3) is 110 Å². The molecule has 10 aromatic carbocycles. The number of pyridine rings is 1. The largest absolute Gasteiger partial charge is 0.264 e. The molecule has 270 valence electrons. The first-order chi connectivity index (χ1) is 28.8. The summed E-state index contributed by atoms with van der Waals surface area (Å²) in [5.41, 5.74) is 16.8. The predicted molar refractivity (Wildman–Crippen MR) is 246 cm³/mol. The lowest BCUT2D eigenvalue weighted by molar-refractivity contribution is 1.33. The van der Waals surface area contributed by atoms with Gasteiger partial charge >= 0.3 is 0 Å². The lowest BCUT2D eigenvalue weighted by Crippen LogP contribution is -1.94. The summed E-state index contributed by atoms with van der Waals surface area (Å²) in [5.74, 6) is 0. The van der Waals surface area contributed by atoms with Crippen molar-refractivity contribution < 1.29 is 0 Å². The van der Waals surface area contributed by atoms with Gasteiger partial charge in [0.1, 0.15) is 0 Å². The van der Waals surface area contributed by atoms with Gasteiger partial charge < -0.3 is 0 Å². The van der Waals surface area contributed by atoms with Gasteiger partial charge in [-0.2, -0.15) is 0 Å². The minimum Gasteiger partial charge on any atom is -0.264 e. The SMILES string of the molecule is c1ccc(-c2ccc(-c3cc(-c4ccc(-c5ccccc5)cc4)c4ccc5c(-c6cccnc6)cc(-c6ccc(-c7ccccc7)cc6)c6ccc3c4c65)cc2)cc1. The molecule has 11 rings (SSSR count). The lowest BCUT2D eigenvalue weighted by Gasteiger charge is -2.21. The van der Waals surface area contributed by atoms with Crippen molar-refractivity contribution in [2.75, 3.05) is 0 Å². The lowest BCUT2D eigenvalue weighted by atomic mass is 9.82. The van der Waals surface area contributed by atoms with E-state index in [1.54, 1.807) is 0 Å². The third-order valence-electron chi connectivity index (χ3n) is 11.8. The molecule has 0 radical (unpaired) electrons. The molecule has 1 nitrogen and oxygen atoms in total. The smallest absolute Gasteiger partial charge is 0.0346 e. The highest BCUT2D eigenvalue weighted by atomic mass is 14.6. The molecule has 1 heteroatoms. The summed E-state index contributed by atoms with van der Waals surface area (Å²) in [6.07, 6.45) is 3.85. The average molecular weight is 736 g/mol. The number of aromatic nitrogens is 1. The number of hydrogen-bond donors (Lipinski definition) is 0. The van der Waals surface area contributed by atoms with E-state index in [4.69, 9.17) is 0 Å². The van der Waals surface area contributed by atoms with Gasteiger partial charge in [-0.05, 0) is 123 Å². The molecule has 0 spiro atoms. The fraction of sp³-hybridized carbons (Fsp3) is 0. The van der Waals surface area contributed by atoms with Crippen LogP contribution in [-0.4, -0.2) is 4.98 Å². The van der Waals surface area contributed by atoms with E-state index >= 15 is 0 Å². The first kappa shape index (κ1) is 33.7. The molecule has 0 bridgehead atoms. The van der Waals surface area contributed by atoms with E-state index in [9.17, 15) is 0 Å². The first-order valence-electron chi connectivity index (χ1n) is 19.9. The summed E-state index contributed by atoms with van der Waals surface area (Å²) in [6.45, 7) is 0. The number of rotatable bonds is 7. The summed E-state index contributed by atoms with van der Waals surface area (Å²) in [6, 6.07) is 77.5. The molecule has 1 aromatic heterocycles. The monoisotopic (exact) mass is 735 g/mol. The van der Waals surface area contributed by atoms with Crippen molar-refractivity contribution in [3.63, 3.8) is 0 Å². The van der Waals surface area contributed by atoms with Crippen molar-refractivity contribution in [3.8, 4) is 77.9 Å². The fourth-order valence-electron chi connectivity index (χ4n) is 8.89. The van der Waals surface area contributed by atoms with Gasteiger partial charge in [0.15, 0.2) is 0 Å². The van der Waals surface area contributed by atoms with Gasteiger partial charge in [-0.15, -0.1) is 0 Å². The summed E-state index contributed by atoms with van der Waals surface area (Å²) in [7, 11) is 0. The van der Waals surface area contributed by atoms with Crippen LogP contribution in [0.2, 0.25) is 0 Å². The molecule has 0 aliphatic carbocycles. The van der Waals surface area contributed by atoms with Crippen molar-refractivity contribution in [1.82, 2.24) is 4.98 Å². The maximum absolute atomic E-state index is 4.58. The quantitative estimate of drug-likeness (QED) is 0.149. The van der Waals surface area contributed by atoms with Crippen LogP contribution < -0.4 is 0 Å². The third-order valence-corrected chi connectivity index (χ3v) is 11.8. The summed E-state index contributed by atoms with van der Waals surface area (Å²) < 4.78 is 0. The van der Waals surface area contributed by atoms with E-state index < -0.39 is 0 Å². The Bertz CT molecular complexity index is 3090. The topological polar surface area (TPSA) is 12.9 Å². The van der Waals surface area contributed by atoms with Crippen molar-refractivity contribution in [3.05, 3.63) is 225 Å². The van der Waals surface area contributed by atoms with Crippen LogP contribution in [0, 0.1) is 0 Å². The van der Waals surface area contributed by atoms with Gasteiger partial charge in [-0.1, -0.05) is 194 Å². The van der Waals surface area contributed by atoms with Gasteiger partial charge in [0, 0.05) is 18.0 Å². The van der Waals surface area contributed by atoms with Crippen LogP contribution in [-0.2, 0) is 0 Å². The zero-order chi connectivity index (χ0) is 38.4. The van der Waals surface area contributed by atoms with Crippen molar-refractivity contribution in [1.29, 1.82) is 0 Å². The third kappa shape index (κ3) is 5.84. The van der Waals surface area contributed by atoms with Crippen LogP contribution >= 0.6 is 0 Å². The predicted octanol–water partition coefficient (Wildman–Crippen LogP) is 15.6. The first-order valence-corrected chi connectivity index (χ1v) is 19.9. The molecule has 0 unspecified atom stereocenters. The summed E-state index contributed by atoms with van der Waals surface area (Å²) in [5, 5.41) is 7.54. The minimum absolute atomic E-state index is 1.11. The summed E-state index contributed by atoms with van der Waals surface area (Å²) >= 11 is 0. The second-order valence-corrected chi connectivity index (χ2v) is 15.1. The second kappa shape index (κ2) is 14.2. The molecule has 0 N–H and O–H groups in total. The molecule has 0 atom stereocenters. The Balaban J connectivity index is 1.18. The standard InChI is InChI=1S/C57H37N/c1-4-11-38(12-5-1)41-18-24-44(25-19-41)52-35-53(45-26-20-42(21-27-45)39-13-6-2-7-14-39)49-32-33-51-55(47-17-10-34-58-37-47)36-54(50-31-30-48(52)56(49)57(50)51)46-28-22-43(23-29-46)40-15-8-3-9-16-40/h1-37H. The van der Waals surface area contributed by atoms with Crippen LogP contribution in [0.4, 0.5) is 0 Å². The van der Waals surface area contributed by atoms with Gasteiger partial charge in [0.25, 0.3) is 0 Å². The minimum atomic E-state index is 1.11. The van der Waals surface area contributed by atoms with E-state index in [-0.39, 0.29) is 0 Å². The molecule has 1 heterocycles. The van der Waals surface area contributed by atoms with Crippen molar-refractivity contribution in [2.24, 2.45) is 0 Å². The normalized spacial score (nSPS) is 11.4. The van der Waals surface area contributed by atoms with Crippen LogP contribution in [0.3, 0.4) is 0 Å². The van der Waals surface area contributed by atoms with Crippen LogP contribution in [0.5, 0.6) is 0 Å². The van der Waals surface area contributed by atoms with Crippen LogP contribution in [0.1, 0.15) is 0 Å². The highest BCUT2D eigenvalue weighted by molar-refractivity contribution is 6.32. The Hall–Kier alpha value is -7.61. The zero-order valence-electron chi connectivity index (χ0n) is 31.8. The van der Waals surface area contributed by atoms with E-state index in [1.807, 2.05) is 18.5 Å². The Labute approximate surface area is 338 Å². The van der Waals surface area contributed by atoms with Gasteiger partial charge in [0.2, 0.25) is 0 Å². The van der Waals surface area contributed by atoms with Crippen molar-refractivity contribution in [2.45, 2.75) is 0 Å². The highest BCUT2D eigenvalue weighted by Crippen LogP contribution is 2.48. The molecule has 58 heavy (non-hydrogen) atoms. The number of benzene rings is 10.